The average molecular weight is 269 g/mol. The van der Waals surface area contributed by atoms with Gasteiger partial charge in [-0.15, -0.1) is 0 Å². The maximum absolute atomic E-state index is 12.9. The zero-order valence-electron chi connectivity index (χ0n) is 11.4. The lowest BCUT2D eigenvalue weighted by Crippen LogP contribution is -2.52. The molecule has 0 aliphatic carbocycles. The van der Waals surface area contributed by atoms with Crippen LogP contribution in [0.25, 0.3) is 0 Å². The third-order valence-corrected chi connectivity index (χ3v) is 2.90. The number of aliphatic hydroxyl groups excluding tert-OH is 2. The van der Waals surface area contributed by atoms with E-state index in [4.69, 9.17) is 0 Å². The lowest BCUT2D eigenvalue weighted by atomic mass is 10.0. The molecule has 1 unspecified atom stereocenters. The summed E-state index contributed by atoms with van der Waals surface area (Å²) in [6.07, 6.45) is -0.713. The summed E-state index contributed by atoms with van der Waals surface area (Å²) in [4.78, 5) is 13.8. The Morgan fingerprint density at radius 1 is 1.37 bits per heavy atom. The quantitative estimate of drug-likeness (QED) is 0.850. The van der Waals surface area contributed by atoms with Crippen molar-refractivity contribution in [2.45, 2.75) is 32.4 Å². The van der Waals surface area contributed by atoms with Gasteiger partial charge in [0.25, 0.3) is 5.91 Å². The van der Waals surface area contributed by atoms with Gasteiger partial charge in [-0.1, -0.05) is 0 Å². The van der Waals surface area contributed by atoms with Gasteiger partial charge in [-0.2, -0.15) is 0 Å². The van der Waals surface area contributed by atoms with Gasteiger partial charge in [-0.05, 0) is 45.0 Å². The van der Waals surface area contributed by atoms with Gasteiger partial charge < -0.3 is 15.1 Å². The Kier molecular flexibility index (Phi) is 5.03. The number of β-amino-alcohol motifs (C(OH)–C–C–N with tert-alkyl or cyclic N) is 1. The van der Waals surface area contributed by atoms with Crippen LogP contribution in [0.1, 0.15) is 31.1 Å². The number of aliphatic hydroxyl groups is 2. The molecule has 2 N–H and O–H groups in total. The van der Waals surface area contributed by atoms with Crippen LogP contribution in [-0.2, 0) is 0 Å². The standard InChI is InChI=1S/C14H20FNO3/c1-10(18)8-16(14(2,3)9-17)13(19)11-4-6-12(15)7-5-11/h4-7,10,17-18H,8-9H2,1-3H3. The molecule has 19 heavy (non-hydrogen) atoms. The summed E-state index contributed by atoms with van der Waals surface area (Å²) in [6, 6.07) is 5.19. The molecule has 0 fully saturated rings. The van der Waals surface area contributed by atoms with Crippen LogP contribution in [0.3, 0.4) is 0 Å². The van der Waals surface area contributed by atoms with E-state index in [1.165, 1.54) is 29.2 Å². The fraction of sp³-hybridized carbons (Fsp3) is 0.500. The lowest BCUT2D eigenvalue weighted by Gasteiger charge is -2.38. The third-order valence-electron chi connectivity index (χ3n) is 2.90. The van der Waals surface area contributed by atoms with Crippen LogP contribution in [0.2, 0.25) is 0 Å². The zero-order valence-corrected chi connectivity index (χ0v) is 11.4. The molecule has 1 atom stereocenters. The summed E-state index contributed by atoms with van der Waals surface area (Å²) >= 11 is 0. The van der Waals surface area contributed by atoms with Gasteiger partial charge in [0, 0.05) is 12.1 Å². The number of benzene rings is 1. The van der Waals surface area contributed by atoms with Crippen molar-refractivity contribution in [1.82, 2.24) is 4.90 Å². The topological polar surface area (TPSA) is 60.8 Å². The molecule has 0 saturated heterocycles. The number of carbonyl (C=O) groups is 1. The van der Waals surface area contributed by atoms with Crippen LogP contribution in [0.5, 0.6) is 0 Å². The number of carbonyl (C=O) groups excluding carboxylic acids is 1. The Bertz CT molecular complexity index is 429. The predicted octanol–water partition coefficient (Wildman–Crippen LogP) is 1.42. The van der Waals surface area contributed by atoms with E-state index in [1.54, 1.807) is 20.8 Å². The highest BCUT2D eigenvalue weighted by atomic mass is 19.1. The first-order valence-electron chi connectivity index (χ1n) is 6.14. The van der Waals surface area contributed by atoms with E-state index in [2.05, 4.69) is 0 Å². The highest BCUT2D eigenvalue weighted by molar-refractivity contribution is 5.94. The Labute approximate surface area is 112 Å². The minimum absolute atomic E-state index is 0.101. The van der Waals surface area contributed by atoms with Crippen molar-refractivity contribution < 1.29 is 19.4 Å². The van der Waals surface area contributed by atoms with Gasteiger partial charge in [0.1, 0.15) is 5.82 Å². The van der Waals surface area contributed by atoms with E-state index >= 15 is 0 Å². The molecule has 106 valence electrons. The SMILES string of the molecule is CC(O)CN(C(=O)c1ccc(F)cc1)C(C)(C)CO. The molecule has 0 aliphatic heterocycles. The number of halogens is 1. The predicted molar refractivity (Wildman–Crippen MR) is 70.3 cm³/mol. The van der Waals surface area contributed by atoms with Crippen molar-refractivity contribution in [1.29, 1.82) is 0 Å². The second-order valence-corrected chi connectivity index (χ2v) is 5.24. The number of hydrogen-bond acceptors (Lipinski definition) is 3. The van der Waals surface area contributed by atoms with Gasteiger partial charge in [-0.25, -0.2) is 4.39 Å². The van der Waals surface area contributed by atoms with Gasteiger partial charge in [0.05, 0.1) is 18.2 Å². The van der Waals surface area contributed by atoms with Crippen LogP contribution in [0, 0.1) is 5.82 Å². The molecule has 4 nitrogen and oxygen atoms in total. The molecule has 0 bridgehead atoms. The van der Waals surface area contributed by atoms with E-state index in [0.717, 1.165) is 0 Å². The van der Waals surface area contributed by atoms with Gasteiger partial charge in [0.2, 0.25) is 0 Å². The van der Waals surface area contributed by atoms with E-state index in [0.29, 0.717) is 5.56 Å². The van der Waals surface area contributed by atoms with Gasteiger partial charge in [-0.3, -0.25) is 4.79 Å². The van der Waals surface area contributed by atoms with E-state index in [9.17, 15) is 19.4 Å². The third kappa shape index (κ3) is 4.01. The molecular weight excluding hydrogens is 249 g/mol. The summed E-state index contributed by atoms with van der Waals surface area (Å²) in [5, 5.41) is 18.9. The molecule has 0 saturated carbocycles. The van der Waals surface area contributed by atoms with E-state index in [1.807, 2.05) is 0 Å². The second-order valence-electron chi connectivity index (χ2n) is 5.24. The van der Waals surface area contributed by atoms with Crippen LogP contribution in [-0.4, -0.2) is 45.8 Å². The van der Waals surface area contributed by atoms with Gasteiger partial charge in [0.15, 0.2) is 0 Å². The summed E-state index contributed by atoms with van der Waals surface area (Å²) in [5.74, 6) is -0.764. The largest absolute Gasteiger partial charge is 0.394 e. The minimum Gasteiger partial charge on any atom is -0.394 e. The summed E-state index contributed by atoms with van der Waals surface area (Å²) < 4.78 is 12.9. The van der Waals surface area contributed by atoms with Crippen LogP contribution < -0.4 is 0 Å². The molecule has 0 aliphatic rings. The fourth-order valence-electron chi connectivity index (χ4n) is 1.70. The lowest BCUT2D eigenvalue weighted by molar-refractivity contribution is 0.0194. The zero-order chi connectivity index (χ0) is 14.6. The average Bonchev–Trinajstić information content (AvgIpc) is 2.35. The van der Waals surface area contributed by atoms with Crippen molar-refractivity contribution in [2.75, 3.05) is 13.2 Å². The Morgan fingerprint density at radius 3 is 2.32 bits per heavy atom. The summed E-state index contributed by atoms with van der Waals surface area (Å²) in [6.45, 7) is 4.85. The summed E-state index contributed by atoms with van der Waals surface area (Å²) in [7, 11) is 0. The van der Waals surface area contributed by atoms with Crippen LogP contribution in [0.4, 0.5) is 4.39 Å². The molecule has 1 aromatic rings. The van der Waals surface area contributed by atoms with Crippen LogP contribution in [0.15, 0.2) is 24.3 Å². The molecule has 0 radical (unpaired) electrons. The van der Waals surface area contributed by atoms with Crippen molar-refractivity contribution in [3.05, 3.63) is 35.6 Å². The molecule has 0 heterocycles. The maximum atomic E-state index is 12.9. The second kappa shape index (κ2) is 6.12. The molecule has 0 aromatic heterocycles. The number of hydrogen-bond donors (Lipinski definition) is 2. The molecule has 1 amide bonds. The Hall–Kier alpha value is -1.46. The fourth-order valence-corrected chi connectivity index (χ4v) is 1.70. The van der Waals surface area contributed by atoms with Crippen LogP contribution >= 0.6 is 0 Å². The molecular formula is C14H20FNO3. The minimum atomic E-state index is -0.803. The van der Waals surface area contributed by atoms with Crippen molar-refractivity contribution in [2.24, 2.45) is 0 Å². The van der Waals surface area contributed by atoms with E-state index < -0.39 is 17.5 Å². The highest BCUT2D eigenvalue weighted by Gasteiger charge is 2.31. The molecule has 1 rings (SSSR count). The number of amides is 1. The molecule has 0 spiro atoms. The highest BCUT2D eigenvalue weighted by Crippen LogP contribution is 2.18. The maximum Gasteiger partial charge on any atom is 0.254 e. The van der Waals surface area contributed by atoms with Crippen molar-refractivity contribution in [3.63, 3.8) is 0 Å². The first-order valence-corrected chi connectivity index (χ1v) is 6.14. The number of nitrogens with zero attached hydrogens (tertiary/aromatic N) is 1. The van der Waals surface area contributed by atoms with Gasteiger partial charge >= 0.3 is 0 Å². The number of rotatable bonds is 5. The monoisotopic (exact) mass is 269 g/mol. The Balaban J connectivity index is 3.04. The molecule has 1 aromatic carbocycles. The first-order chi connectivity index (χ1) is 8.77. The molecule has 5 heteroatoms. The smallest absolute Gasteiger partial charge is 0.254 e. The van der Waals surface area contributed by atoms with Crippen molar-refractivity contribution in [3.8, 4) is 0 Å². The normalized spacial score (nSPS) is 13.2. The summed E-state index contributed by atoms with van der Waals surface area (Å²) in [5.41, 5.74) is -0.480. The Morgan fingerprint density at radius 2 is 1.89 bits per heavy atom. The van der Waals surface area contributed by atoms with E-state index in [-0.39, 0.29) is 19.1 Å². The van der Waals surface area contributed by atoms with Crippen molar-refractivity contribution >= 4 is 5.91 Å². The first kappa shape index (κ1) is 15.6.